The smallest absolute Gasteiger partial charge is 0.0893 e. The highest BCUT2D eigenvalue weighted by atomic mass is 15.0. The summed E-state index contributed by atoms with van der Waals surface area (Å²) in [4.78, 5) is 11.9. The lowest BCUT2D eigenvalue weighted by molar-refractivity contribution is 0.769. The minimum Gasteiger partial charge on any atom is -0.360 e. The third kappa shape index (κ3) is 3.74. The third-order valence-electron chi connectivity index (χ3n) is 10.1. The van der Waals surface area contributed by atoms with Gasteiger partial charge in [0.2, 0.25) is 0 Å². The molecule has 0 saturated carbocycles. The van der Waals surface area contributed by atoms with Crippen molar-refractivity contribution in [1.29, 1.82) is 0 Å². The van der Waals surface area contributed by atoms with Gasteiger partial charge in [-0.1, -0.05) is 109 Å². The molecule has 0 fully saturated rings. The molecule has 0 saturated heterocycles. The van der Waals surface area contributed by atoms with E-state index in [0.29, 0.717) is 0 Å². The van der Waals surface area contributed by atoms with Crippen molar-refractivity contribution in [2.45, 2.75) is 5.41 Å². The van der Waals surface area contributed by atoms with E-state index in [4.69, 9.17) is 4.98 Å². The van der Waals surface area contributed by atoms with Crippen molar-refractivity contribution < 1.29 is 0 Å². The average Bonchev–Trinajstić information content (AvgIpc) is 3.97. The monoisotopic (exact) mass is 614 g/mol. The molecule has 0 atom stereocenters. The number of rotatable bonds is 5. The van der Waals surface area contributed by atoms with E-state index in [2.05, 4.69) is 160 Å². The van der Waals surface area contributed by atoms with Gasteiger partial charge in [0, 0.05) is 23.2 Å². The van der Waals surface area contributed by atoms with Crippen molar-refractivity contribution in [1.82, 2.24) is 19.5 Å². The van der Waals surface area contributed by atoms with Crippen LogP contribution in [-0.2, 0) is 5.41 Å². The SMILES string of the molecule is c1ccc(C2(c3ccc4c5ccccc5n(-c5cc(-c6ccc[nH]6)nc(-c6ccc[nH]6)c5)c4c3)c3ccccc3-c3ccccc32)cc1. The zero-order chi connectivity index (χ0) is 31.7. The Balaban J connectivity index is 1.31. The van der Waals surface area contributed by atoms with E-state index in [1.54, 1.807) is 0 Å². The highest BCUT2D eigenvalue weighted by Gasteiger charge is 2.46. The van der Waals surface area contributed by atoms with E-state index in [-0.39, 0.29) is 0 Å². The minimum atomic E-state index is -0.479. The summed E-state index contributed by atoms with van der Waals surface area (Å²) in [6.07, 6.45) is 3.90. The quantitative estimate of drug-likeness (QED) is 0.199. The molecule has 0 radical (unpaired) electrons. The second-order valence-corrected chi connectivity index (χ2v) is 12.6. The van der Waals surface area contributed by atoms with Gasteiger partial charge in [0.15, 0.2) is 0 Å². The molecule has 1 aliphatic rings. The summed E-state index contributed by atoms with van der Waals surface area (Å²) in [6.45, 7) is 0. The molecule has 0 spiro atoms. The van der Waals surface area contributed by atoms with Gasteiger partial charge in [-0.2, -0.15) is 0 Å². The van der Waals surface area contributed by atoms with Crippen molar-refractivity contribution in [2.75, 3.05) is 0 Å². The Kier molecular flexibility index (Phi) is 5.75. The van der Waals surface area contributed by atoms with Crippen LogP contribution in [0.3, 0.4) is 0 Å². The van der Waals surface area contributed by atoms with Gasteiger partial charge in [-0.25, -0.2) is 4.98 Å². The zero-order valence-corrected chi connectivity index (χ0v) is 26.1. The summed E-state index contributed by atoms with van der Waals surface area (Å²) in [5.74, 6) is 0. The molecule has 4 aromatic heterocycles. The summed E-state index contributed by atoms with van der Waals surface area (Å²) in [5.41, 5.74) is 14.3. The average molecular weight is 615 g/mol. The van der Waals surface area contributed by atoms with Crippen LogP contribution in [-0.4, -0.2) is 19.5 Å². The number of para-hydroxylation sites is 1. The number of fused-ring (bicyclic) bond motifs is 6. The maximum absolute atomic E-state index is 5.09. The lowest BCUT2D eigenvalue weighted by Crippen LogP contribution is -2.28. The molecule has 4 heterocycles. The van der Waals surface area contributed by atoms with Gasteiger partial charge < -0.3 is 14.5 Å². The molecule has 0 bridgehead atoms. The summed E-state index contributed by atoms with van der Waals surface area (Å²) < 4.78 is 2.42. The van der Waals surface area contributed by atoms with Crippen LogP contribution in [0, 0.1) is 0 Å². The third-order valence-corrected chi connectivity index (χ3v) is 10.1. The van der Waals surface area contributed by atoms with E-state index >= 15 is 0 Å². The first-order valence-electron chi connectivity index (χ1n) is 16.4. The number of nitrogens with one attached hydrogen (secondary N) is 2. The molecule has 0 aliphatic heterocycles. The van der Waals surface area contributed by atoms with Crippen molar-refractivity contribution in [3.05, 3.63) is 192 Å². The van der Waals surface area contributed by atoms with Crippen LogP contribution in [0.1, 0.15) is 22.3 Å². The largest absolute Gasteiger partial charge is 0.360 e. The van der Waals surface area contributed by atoms with Gasteiger partial charge in [-0.15, -0.1) is 0 Å². The summed E-state index contributed by atoms with van der Waals surface area (Å²) in [6, 6.07) is 57.3. The molecule has 5 aromatic carbocycles. The number of aromatic nitrogens is 4. The van der Waals surface area contributed by atoms with Gasteiger partial charge in [0.05, 0.1) is 44.9 Å². The predicted molar refractivity (Wildman–Crippen MR) is 195 cm³/mol. The molecule has 0 unspecified atom stereocenters. The Labute approximate surface area is 278 Å². The van der Waals surface area contributed by atoms with Crippen LogP contribution < -0.4 is 0 Å². The second kappa shape index (κ2) is 10.3. The number of pyridine rings is 1. The van der Waals surface area contributed by atoms with Crippen LogP contribution in [0.2, 0.25) is 0 Å². The molecule has 48 heavy (non-hydrogen) atoms. The lowest BCUT2D eigenvalue weighted by atomic mass is 9.67. The molecule has 9 aromatic rings. The number of H-pyrrole nitrogens is 2. The summed E-state index contributed by atoms with van der Waals surface area (Å²) >= 11 is 0. The topological polar surface area (TPSA) is 49.4 Å². The fourth-order valence-electron chi connectivity index (χ4n) is 8.09. The Morgan fingerprint density at radius 3 is 1.69 bits per heavy atom. The van der Waals surface area contributed by atoms with Crippen molar-refractivity contribution >= 4 is 21.8 Å². The number of aromatic amines is 2. The lowest BCUT2D eigenvalue weighted by Gasteiger charge is -2.34. The molecule has 10 rings (SSSR count). The Hall–Kier alpha value is -6.39. The Morgan fingerprint density at radius 2 is 1.04 bits per heavy atom. The second-order valence-electron chi connectivity index (χ2n) is 12.6. The van der Waals surface area contributed by atoms with E-state index in [1.807, 2.05) is 24.5 Å². The van der Waals surface area contributed by atoms with Crippen molar-refractivity contribution in [3.63, 3.8) is 0 Å². The van der Waals surface area contributed by atoms with Crippen molar-refractivity contribution in [3.8, 4) is 39.6 Å². The Morgan fingerprint density at radius 1 is 0.458 bits per heavy atom. The molecular formula is C44H30N4. The highest BCUT2D eigenvalue weighted by molar-refractivity contribution is 6.10. The van der Waals surface area contributed by atoms with Crippen LogP contribution in [0.15, 0.2) is 170 Å². The standard InChI is InChI=1S/C44H30N4/c1-2-12-29(13-3-1)44(36-17-7-4-14-32(36)33-15-5-8-18-37(33)44)30-22-23-35-34-16-6-9-21-42(34)48(43(35)26-30)31-27-40(38-19-10-24-45-38)47-41(28-31)39-20-11-25-46-39/h1-28,45-46H. The molecule has 0 amide bonds. The first-order valence-corrected chi connectivity index (χ1v) is 16.4. The maximum Gasteiger partial charge on any atom is 0.0893 e. The van der Waals surface area contributed by atoms with Gasteiger partial charge in [-0.3, -0.25) is 0 Å². The zero-order valence-electron chi connectivity index (χ0n) is 26.1. The van der Waals surface area contributed by atoms with Crippen LogP contribution in [0.5, 0.6) is 0 Å². The maximum atomic E-state index is 5.09. The predicted octanol–water partition coefficient (Wildman–Crippen LogP) is 10.5. The van der Waals surface area contributed by atoms with Crippen LogP contribution in [0.4, 0.5) is 0 Å². The van der Waals surface area contributed by atoms with Gasteiger partial charge in [0.1, 0.15) is 0 Å². The molecule has 4 heteroatoms. The van der Waals surface area contributed by atoms with E-state index < -0.39 is 5.41 Å². The van der Waals surface area contributed by atoms with Crippen LogP contribution in [0.25, 0.3) is 61.4 Å². The normalized spacial score (nSPS) is 13.2. The minimum absolute atomic E-state index is 0.479. The highest BCUT2D eigenvalue weighted by Crippen LogP contribution is 2.56. The first kappa shape index (κ1) is 26.8. The van der Waals surface area contributed by atoms with E-state index in [0.717, 1.165) is 39.5 Å². The van der Waals surface area contributed by atoms with E-state index in [9.17, 15) is 0 Å². The van der Waals surface area contributed by atoms with Crippen molar-refractivity contribution in [2.24, 2.45) is 0 Å². The number of hydrogen-bond acceptors (Lipinski definition) is 1. The van der Waals surface area contributed by atoms with E-state index in [1.165, 1.54) is 44.2 Å². The van der Waals surface area contributed by atoms with Crippen LogP contribution >= 0.6 is 0 Å². The first-order chi connectivity index (χ1) is 23.8. The Bertz CT molecular complexity index is 2510. The van der Waals surface area contributed by atoms with Gasteiger partial charge >= 0.3 is 0 Å². The molecular weight excluding hydrogens is 585 g/mol. The molecule has 226 valence electrons. The fourth-order valence-corrected chi connectivity index (χ4v) is 8.09. The summed E-state index contributed by atoms with van der Waals surface area (Å²) in [7, 11) is 0. The van der Waals surface area contributed by atoms with Gasteiger partial charge in [0.25, 0.3) is 0 Å². The summed E-state index contributed by atoms with van der Waals surface area (Å²) in [5, 5.41) is 2.44. The number of nitrogens with zero attached hydrogens (tertiary/aromatic N) is 2. The molecule has 1 aliphatic carbocycles. The fraction of sp³-hybridized carbons (Fsp3) is 0.0227. The molecule has 4 nitrogen and oxygen atoms in total. The number of hydrogen-bond donors (Lipinski definition) is 2. The van der Waals surface area contributed by atoms with Gasteiger partial charge in [-0.05, 0) is 81.9 Å². The number of benzene rings is 5. The molecule has 2 N–H and O–H groups in total.